The molecule has 3 heterocycles. The first-order valence-corrected chi connectivity index (χ1v) is 11.5. The first-order chi connectivity index (χ1) is 15.0. The lowest BCUT2D eigenvalue weighted by atomic mass is 9.96. The molecule has 1 saturated carbocycles. The van der Waals surface area contributed by atoms with Gasteiger partial charge in [-0.15, -0.1) is 0 Å². The van der Waals surface area contributed by atoms with Gasteiger partial charge >= 0.3 is 6.09 Å². The van der Waals surface area contributed by atoms with E-state index >= 15 is 0 Å². The van der Waals surface area contributed by atoms with Gasteiger partial charge in [0.1, 0.15) is 23.7 Å². The minimum absolute atomic E-state index is 0.00980. The summed E-state index contributed by atoms with van der Waals surface area (Å²) in [5, 5.41) is 4.11. The van der Waals surface area contributed by atoms with E-state index in [1.807, 2.05) is 53.8 Å². The SMILES string of the molecule is CC(C)(C)OC(=O)N1CCC[C@H]1COc1cc(-c2nc(C(C)(C)C)no2)ncc1C1CC1. The van der Waals surface area contributed by atoms with Gasteiger partial charge in [-0.1, -0.05) is 25.9 Å². The average Bonchev–Trinajstić information content (AvgIpc) is 3.21. The molecule has 1 aliphatic carbocycles. The first-order valence-electron chi connectivity index (χ1n) is 11.5. The van der Waals surface area contributed by atoms with Gasteiger partial charge in [-0.3, -0.25) is 4.98 Å². The minimum Gasteiger partial charge on any atom is -0.491 e. The molecule has 8 nitrogen and oxygen atoms in total. The van der Waals surface area contributed by atoms with E-state index in [-0.39, 0.29) is 17.6 Å². The van der Waals surface area contributed by atoms with Gasteiger partial charge in [0.25, 0.3) is 5.89 Å². The van der Waals surface area contributed by atoms with Crippen molar-refractivity contribution in [2.24, 2.45) is 0 Å². The molecule has 174 valence electrons. The molecule has 32 heavy (non-hydrogen) atoms. The first kappa shape index (κ1) is 22.6. The van der Waals surface area contributed by atoms with Crippen LogP contribution in [0.4, 0.5) is 4.79 Å². The summed E-state index contributed by atoms with van der Waals surface area (Å²) in [6.45, 7) is 12.9. The third-order valence-electron chi connectivity index (χ3n) is 5.66. The van der Waals surface area contributed by atoms with Gasteiger partial charge in [-0.05, 0) is 52.4 Å². The lowest BCUT2D eigenvalue weighted by Gasteiger charge is -2.28. The second kappa shape index (κ2) is 8.37. The van der Waals surface area contributed by atoms with E-state index < -0.39 is 5.60 Å². The Morgan fingerprint density at radius 2 is 1.94 bits per heavy atom. The maximum atomic E-state index is 12.6. The van der Waals surface area contributed by atoms with Crippen molar-refractivity contribution in [2.45, 2.75) is 90.2 Å². The summed E-state index contributed by atoms with van der Waals surface area (Å²) in [6, 6.07) is 1.88. The summed E-state index contributed by atoms with van der Waals surface area (Å²) < 4.78 is 17.3. The highest BCUT2D eigenvalue weighted by Crippen LogP contribution is 2.45. The lowest BCUT2D eigenvalue weighted by Crippen LogP contribution is -2.42. The van der Waals surface area contributed by atoms with Gasteiger partial charge in [0.2, 0.25) is 0 Å². The Kier molecular flexibility index (Phi) is 5.90. The van der Waals surface area contributed by atoms with Gasteiger partial charge in [-0.2, -0.15) is 4.98 Å². The van der Waals surface area contributed by atoms with Crippen LogP contribution in [0.2, 0.25) is 0 Å². The van der Waals surface area contributed by atoms with Gasteiger partial charge in [0.05, 0.1) is 6.04 Å². The number of ether oxygens (including phenoxy) is 2. The Bertz CT molecular complexity index is 969. The summed E-state index contributed by atoms with van der Waals surface area (Å²) in [4.78, 5) is 23.5. The van der Waals surface area contributed by atoms with Crippen LogP contribution in [-0.4, -0.2) is 50.9 Å². The number of nitrogens with zero attached hydrogens (tertiary/aromatic N) is 4. The van der Waals surface area contributed by atoms with Crippen LogP contribution in [0.25, 0.3) is 11.6 Å². The van der Waals surface area contributed by atoms with Crippen molar-refractivity contribution in [3.05, 3.63) is 23.7 Å². The summed E-state index contributed by atoms with van der Waals surface area (Å²) in [5.74, 6) is 2.29. The molecule has 0 unspecified atom stereocenters. The Hall–Kier alpha value is -2.64. The molecular weight excluding hydrogens is 408 g/mol. The Labute approximate surface area is 189 Å². The van der Waals surface area contributed by atoms with Crippen LogP contribution in [0.15, 0.2) is 16.8 Å². The van der Waals surface area contributed by atoms with Crippen LogP contribution < -0.4 is 4.74 Å². The van der Waals surface area contributed by atoms with Crippen molar-refractivity contribution in [2.75, 3.05) is 13.2 Å². The Morgan fingerprint density at radius 3 is 2.56 bits per heavy atom. The highest BCUT2D eigenvalue weighted by Gasteiger charge is 2.34. The third-order valence-corrected chi connectivity index (χ3v) is 5.66. The zero-order chi connectivity index (χ0) is 23.1. The number of likely N-dealkylation sites (tertiary alicyclic amines) is 1. The number of hydrogen-bond donors (Lipinski definition) is 0. The van der Waals surface area contributed by atoms with Gasteiger partial charge in [0.15, 0.2) is 5.82 Å². The number of amides is 1. The fourth-order valence-electron chi connectivity index (χ4n) is 3.78. The summed E-state index contributed by atoms with van der Waals surface area (Å²) in [6.07, 6.45) is 5.71. The normalized spacial score (nSPS) is 19.3. The molecule has 0 bridgehead atoms. The zero-order valence-electron chi connectivity index (χ0n) is 20.0. The van der Waals surface area contributed by atoms with Gasteiger partial charge in [-0.25, -0.2) is 4.79 Å². The average molecular weight is 443 g/mol. The highest BCUT2D eigenvalue weighted by molar-refractivity contribution is 5.69. The fraction of sp³-hybridized carbons (Fsp3) is 0.667. The molecule has 1 saturated heterocycles. The van der Waals surface area contributed by atoms with Gasteiger partial charge < -0.3 is 18.9 Å². The van der Waals surface area contributed by atoms with Crippen molar-refractivity contribution in [3.8, 4) is 17.3 Å². The van der Waals surface area contributed by atoms with E-state index in [1.165, 1.54) is 0 Å². The molecule has 8 heteroatoms. The molecule has 2 aliphatic rings. The summed E-state index contributed by atoms with van der Waals surface area (Å²) in [7, 11) is 0. The second-order valence-electron chi connectivity index (χ2n) is 10.8. The monoisotopic (exact) mass is 442 g/mol. The number of hydrogen-bond acceptors (Lipinski definition) is 7. The van der Waals surface area contributed by atoms with Crippen LogP contribution in [-0.2, 0) is 10.2 Å². The topological polar surface area (TPSA) is 90.6 Å². The van der Waals surface area contributed by atoms with E-state index in [0.717, 1.165) is 37.0 Å². The quantitative estimate of drug-likeness (QED) is 0.637. The summed E-state index contributed by atoms with van der Waals surface area (Å²) >= 11 is 0. The van der Waals surface area contributed by atoms with Crippen molar-refractivity contribution >= 4 is 6.09 Å². The molecule has 2 aromatic heterocycles. The molecule has 0 spiro atoms. The van der Waals surface area contributed by atoms with Crippen LogP contribution in [0.1, 0.15) is 84.5 Å². The zero-order valence-corrected chi connectivity index (χ0v) is 20.0. The lowest BCUT2D eigenvalue weighted by molar-refractivity contribution is 0.0187. The van der Waals surface area contributed by atoms with Crippen LogP contribution in [0.3, 0.4) is 0 Å². The minimum atomic E-state index is -0.514. The fourth-order valence-corrected chi connectivity index (χ4v) is 3.78. The van der Waals surface area contributed by atoms with Gasteiger partial charge in [0, 0.05) is 29.8 Å². The number of pyridine rings is 1. The number of carbonyl (C=O) groups excluding carboxylic acids is 1. The number of carbonyl (C=O) groups is 1. The van der Waals surface area contributed by atoms with Crippen LogP contribution in [0.5, 0.6) is 5.75 Å². The second-order valence-corrected chi connectivity index (χ2v) is 10.8. The molecule has 1 aliphatic heterocycles. The highest BCUT2D eigenvalue weighted by atomic mass is 16.6. The number of aromatic nitrogens is 3. The van der Waals surface area contributed by atoms with Crippen LogP contribution in [0, 0.1) is 0 Å². The molecule has 4 rings (SSSR count). The maximum absolute atomic E-state index is 12.6. The molecule has 2 aromatic rings. The smallest absolute Gasteiger partial charge is 0.410 e. The Morgan fingerprint density at radius 1 is 1.19 bits per heavy atom. The molecule has 2 fully saturated rings. The standard InChI is InChI=1S/C24H34N4O4/c1-23(2,3)21-26-20(32-27-21)18-12-19(17(13-25-18)15-9-10-15)30-14-16-8-7-11-28(16)22(29)31-24(4,5)6/h12-13,15-16H,7-11,14H2,1-6H3/t16-/m0/s1. The number of rotatable bonds is 5. The molecule has 0 N–H and O–H groups in total. The molecule has 1 amide bonds. The molecule has 0 radical (unpaired) electrons. The predicted octanol–water partition coefficient (Wildman–Crippen LogP) is 5.08. The van der Waals surface area contributed by atoms with E-state index in [0.29, 0.717) is 36.5 Å². The van der Waals surface area contributed by atoms with Crippen molar-refractivity contribution in [3.63, 3.8) is 0 Å². The van der Waals surface area contributed by atoms with Crippen molar-refractivity contribution in [1.82, 2.24) is 20.0 Å². The molecule has 0 aromatic carbocycles. The largest absolute Gasteiger partial charge is 0.491 e. The van der Waals surface area contributed by atoms with Crippen molar-refractivity contribution < 1.29 is 18.8 Å². The van der Waals surface area contributed by atoms with Crippen molar-refractivity contribution in [1.29, 1.82) is 0 Å². The maximum Gasteiger partial charge on any atom is 0.410 e. The predicted molar refractivity (Wildman–Crippen MR) is 120 cm³/mol. The van der Waals surface area contributed by atoms with E-state index in [1.54, 1.807) is 4.90 Å². The molecule has 1 atom stereocenters. The third kappa shape index (κ3) is 5.22. The van der Waals surface area contributed by atoms with E-state index in [2.05, 4.69) is 15.1 Å². The van der Waals surface area contributed by atoms with E-state index in [9.17, 15) is 4.79 Å². The Balaban J connectivity index is 1.51. The molecular formula is C24H34N4O4. The van der Waals surface area contributed by atoms with E-state index in [4.69, 9.17) is 14.0 Å². The van der Waals surface area contributed by atoms with Crippen LogP contribution >= 0.6 is 0 Å². The summed E-state index contributed by atoms with van der Waals surface area (Å²) in [5.41, 5.74) is 0.983.